The Labute approximate surface area is 61.3 Å². The second-order valence-electron chi connectivity index (χ2n) is 2.02. The number of alkyl halides is 3. The van der Waals surface area contributed by atoms with Crippen molar-refractivity contribution in [2.45, 2.75) is 19.0 Å². The molecule has 0 radical (unpaired) electrons. The Hall–Kier alpha value is -1.00. The Morgan fingerprint density at radius 2 is 2.00 bits per heavy atom. The van der Waals surface area contributed by atoms with Gasteiger partial charge in [0.2, 0.25) is 0 Å². The van der Waals surface area contributed by atoms with Crippen LogP contribution in [0.4, 0.5) is 13.2 Å². The van der Waals surface area contributed by atoms with E-state index in [0.717, 1.165) is 0 Å². The third kappa shape index (κ3) is 1.96. The standard InChI is InChI=1S/C6H7F3O2/c1-3(5(10)11)6(8,9)4(2)7/h4H,1H2,2H3,(H,10,11). The van der Waals surface area contributed by atoms with Crippen molar-refractivity contribution in [2.75, 3.05) is 0 Å². The lowest BCUT2D eigenvalue weighted by molar-refractivity contribution is -0.138. The molecule has 0 aliphatic heterocycles. The van der Waals surface area contributed by atoms with Crippen LogP contribution < -0.4 is 0 Å². The molecule has 0 saturated carbocycles. The summed E-state index contributed by atoms with van der Waals surface area (Å²) in [6.07, 6.45) is -2.54. The van der Waals surface area contributed by atoms with Crippen LogP contribution in [-0.4, -0.2) is 23.2 Å². The molecule has 0 aliphatic carbocycles. The number of carboxylic acids is 1. The van der Waals surface area contributed by atoms with E-state index in [1.165, 1.54) is 0 Å². The van der Waals surface area contributed by atoms with Gasteiger partial charge in [0.05, 0.1) is 0 Å². The molecule has 1 N–H and O–H groups in total. The van der Waals surface area contributed by atoms with Crippen LogP contribution in [0.5, 0.6) is 0 Å². The maximum absolute atomic E-state index is 12.3. The van der Waals surface area contributed by atoms with E-state index >= 15 is 0 Å². The van der Waals surface area contributed by atoms with Crippen molar-refractivity contribution in [3.8, 4) is 0 Å². The van der Waals surface area contributed by atoms with Crippen molar-refractivity contribution in [1.82, 2.24) is 0 Å². The summed E-state index contributed by atoms with van der Waals surface area (Å²) in [4.78, 5) is 9.90. The van der Waals surface area contributed by atoms with Gasteiger partial charge in [0.1, 0.15) is 5.57 Å². The third-order valence-corrected chi connectivity index (χ3v) is 1.16. The summed E-state index contributed by atoms with van der Waals surface area (Å²) in [5.41, 5.74) is -1.42. The van der Waals surface area contributed by atoms with Crippen molar-refractivity contribution >= 4 is 5.97 Å². The second kappa shape index (κ2) is 2.94. The van der Waals surface area contributed by atoms with Crippen LogP contribution in [0.1, 0.15) is 6.92 Å². The van der Waals surface area contributed by atoms with Crippen LogP contribution in [0.3, 0.4) is 0 Å². The van der Waals surface area contributed by atoms with Crippen molar-refractivity contribution in [3.63, 3.8) is 0 Å². The smallest absolute Gasteiger partial charge is 0.337 e. The van der Waals surface area contributed by atoms with Gasteiger partial charge in [0.25, 0.3) is 0 Å². The lowest BCUT2D eigenvalue weighted by Crippen LogP contribution is -2.33. The molecule has 1 atom stereocenters. The normalized spacial score (nSPS) is 14.2. The highest BCUT2D eigenvalue weighted by Crippen LogP contribution is 2.28. The number of hydrogen-bond acceptors (Lipinski definition) is 1. The monoisotopic (exact) mass is 168 g/mol. The van der Waals surface area contributed by atoms with Crippen LogP contribution in [-0.2, 0) is 4.79 Å². The molecule has 11 heavy (non-hydrogen) atoms. The van der Waals surface area contributed by atoms with Gasteiger partial charge >= 0.3 is 11.9 Å². The predicted octanol–water partition coefficient (Wildman–Crippen LogP) is 1.62. The molecule has 0 spiro atoms. The van der Waals surface area contributed by atoms with Gasteiger partial charge in [-0.3, -0.25) is 0 Å². The highest BCUT2D eigenvalue weighted by Gasteiger charge is 2.43. The molecule has 2 nitrogen and oxygen atoms in total. The fourth-order valence-electron chi connectivity index (χ4n) is 0.383. The topological polar surface area (TPSA) is 37.3 Å². The Kier molecular flexibility index (Phi) is 2.67. The second-order valence-corrected chi connectivity index (χ2v) is 2.02. The lowest BCUT2D eigenvalue weighted by atomic mass is 10.1. The lowest BCUT2D eigenvalue weighted by Gasteiger charge is -2.16. The first-order valence-electron chi connectivity index (χ1n) is 2.74. The first-order valence-corrected chi connectivity index (χ1v) is 2.74. The zero-order chi connectivity index (χ0) is 9.23. The van der Waals surface area contributed by atoms with Crippen molar-refractivity contribution in [3.05, 3.63) is 12.2 Å². The van der Waals surface area contributed by atoms with Crippen molar-refractivity contribution in [2.24, 2.45) is 0 Å². The van der Waals surface area contributed by atoms with Gasteiger partial charge in [-0.15, -0.1) is 0 Å². The van der Waals surface area contributed by atoms with E-state index in [9.17, 15) is 18.0 Å². The largest absolute Gasteiger partial charge is 0.478 e. The highest BCUT2D eigenvalue weighted by atomic mass is 19.3. The maximum atomic E-state index is 12.3. The molecule has 0 fully saturated rings. The van der Waals surface area contributed by atoms with Crippen LogP contribution in [0, 0.1) is 0 Å². The average molecular weight is 168 g/mol. The molecule has 1 unspecified atom stereocenters. The Morgan fingerprint density at radius 3 is 2.09 bits per heavy atom. The number of rotatable bonds is 3. The summed E-state index contributed by atoms with van der Waals surface area (Å²) in [6.45, 7) is 3.14. The summed E-state index contributed by atoms with van der Waals surface area (Å²) in [5.74, 6) is -5.87. The van der Waals surface area contributed by atoms with Gasteiger partial charge in [0, 0.05) is 0 Å². The molecule has 0 rings (SSSR count). The molecule has 0 saturated heterocycles. The first kappa shape index (κ1) is 10.0. The molecule has 0 aromatic rings. The van der Waals surface area contributed by atoms with Gasteiger partial charge in [0.15, 0.2) is 6.17 Å². The summed E-state index contributed by atoms with van der Waals surface area (Å²) >= 11 is 0. The zero-order valence-electron chi connectivity index (χ0n) is 5.77. The van der Waals surface area contributed by atoms with Gasteiger partial charge < -0.3 is 5.11 Å². The van der Waals surface area contributed by atoms with Gasteiger partial charge in [-0.2, -0.15) is 8.78 Å². The molecule has 0 bridgehead atoms. The number of hydrogen-bond donors (Lipinski definition) is 1. The Bertz CT molecular complexity index is 186. The Balaban J connectivity index is 4.56. The number of carboxylic acid groups (broad SMARTS) is 1. The van der Waals surface area contributed by atoms with Crippen LogP contribution in [0.2, 0.25) is 0 Å². The third-order valence-electron chi connectivity index (χ3n) is 1.16. The molecule has 0 aliphatic rings. The van der Waals surface area contributed by atoms with E-state index < -0.39 is 23.6 Å². The van der Waals surface area contributed by atoms with Gasteiger partial charge in [-0.05, 0) is 6.92 Å². The number of aliphatic carboxylic acids is 1. The van der Waals surface area contributed by atoms with E-state index in [1.54, 1.807) is 0 Å². The van der Waals surface area contributed by atoms with Crippen molar-refractivity contribution in [1.29, 1.82) is 0 Å². The van der Waals surface area contributed by atoms with Crippen molar-refractivity contribution < 1.29 is 23.1 Å². The van der Waals surface area contributed by atoms with Crippen LogP contribution in [0.25, 0.3) is 0 Å². The summed E-state index contributed by atoms with van der Waals surface area (Å²) in [6, 6.07) is 0. The molecule has 0 heterocycles. The Morgan fingerprint density at radius 1 is 1.64 bits per heavy atom. The molecule has 0 aromatic carbocycles. The highest BCUT2D eigenvalue weighted by molar-refractivity contribution is 5.87. The summed E-state index contributed by atoms with van der Waals surface area (Å²) < 4.78 is 36.7. The minimum absolute atomic E-state index is 0.578. The first-order chi connectivity index (χ1) is 4.80. The van der Waals surface area contributed by atoms with Gasteiger partial charge in [-0.1, -0.05) is 6.58 Å². The molecule has 64 valence electrons. The molecule has 0 amide bonds. The number of halogens is 3. The summed E-state index contributed by atoms with van der Waals surface area (Å²) in [5, 5.41) is 8.02. The maximum Gasteiger partial charge on any atom is 0.337 e. The molecular weight excluding hydrogens is 161 g/mol. The van der Waals surface area contributed by atoms with Gasteiger partial charge in [-0.25, -0.2) is 9.18 Å². The minimum atomic E-state index is -3.98. The quantitative estimate of drug-likeness (QED) is 0.650. The average Bonchev–Trinajstić information content (AvgIpc) is 1.85. The molecular formula is C6H7F3O2. The summed E-state index contributed by atoms with van der Waals surface area (Å²) in [7, 11) is 0. The SMILES string of the molecule is C=C(C(=O)O)C(F)(F)C(C)F. The van der Waals surface area contributed by atoms with E-state index in [1.807, 2.05) is 0 Å². The minimum Gasteiger partial charge on any atom is -0.478 e. The van der Waals surface area contributed by atoms with E-state index in [0.29, 0.717) is 6.92 Å². The zero-order valence-corrected chi connectivity index (χ0v) is 5.77. The van der Waals surface area contributed by atoms with Crippen LogP contribution >= 0.6 is 0 Å². The predicted molar refractivity (Wildman–Crippen MR) is 32.3 cm³/mol. The van der Waals surface area contributed by atoms with E-state index in [2.05, 4.69) is 6.58 Å². The number of carbonyl (C=O) groups is 1. The van der Waals surface area contributed by atoms with E-state index in [4.69, 9.17) is 5.11 Å². The van der Waals surface area contributed by atoms with Crippen LogP contribution in [0.15, 0.2) is 12.2 Å². The molecule has 0 aromatic heterocycles. The fourth-order valence-corrected chi connectivity index (χ4v) is 0.383. The fraction of sp³-hybridized carbons (Fsp3) is 0.500. The molecule has 5 heteroatoms. The van der Waals surface area contributed by atoms with E-state index in [-0.39, 0.29) is 0 Å².